The lowest BCUT2D eigenvalue weighted by atomic mass is 9.98. The van der Waals surface area contributed by atoms with E-state index in [0.29, 0.717) is 25.3 Å². The summed E-state index contributed by atoms with van der Waals surface area (Å²) in [6.07, 6.45) is 1.32. The van der Waals surface area contributed by atoms with E-state index in [1.54, 1.807) is 14.2 Å². The SMILES string of the molecule is COc1cc2c(cc1OC)CN(C(=O)CCNc1ccc(C)cc1C)CC2. The molecule has 0 fully saturated rings. The highest BCUT2D eigenvalue weighted by molar-refractivity contribution is 5.77. The molecule has 0 bridgehead atoms. The molecule has 2 aromatic carbocycles. The van der Waals surface area contributed by atoms with Crippen LogP contribution in [0.15, 0.2) is 30.3 Å². The van der Waals surface area contributed by atoms with Gasteiger partial charge in [-0.3, -0.25) is 4.79 Å². The molecule has 0 atom stereocenters. The lowest BCUT2D eigenvalue weighted by Crippen LogP contribution is -2.36. The van der Waals surface area contributed by atoms with Gasteiger partial charge in [-0.05, 0) is 55.2 Å². The van der Waals surface area contributed by atoms with Crippen LogP contribution >= 0.6 is 0 Å². The highest BCUT2D eigenvalue weighted by Gasteiger charge is 2.22. The van der Waals surface area contributed by atoms with Crippen LogP contribution in [0.4, 0.5) is 5.69 Å². The zero-order chi connectivity index (χ0) is 19.4. The minimum atomic E-state index is 0.174. The summed E-state index contributed by atoms with van der Waals surface area (Å²) in [6, 6.07) is 10.3. The Morgan fingerprint density at radius 1 is 1.07 bits per heavy atom. The second-order valence-electron chi connectivity index (χ2n) is 7.04. The lowest BCUT2D eigenvalue weighted by Gasteiger charge is -2.30. The van der Waals surface area contributed by atoms with Crippen LogP contribution in [0.5, 0.6) is 11.5 Å². The lowest BCUT2D eigenvalue weighted by molar-refractivity contribution is -0.131. The first-order valence-electron chi connectivity index (χ1n) is 9.34. The van der Waals surface area contributed by atoms with Gasteiger partial charge in [0.15, 0.2) is 11.5 Å². The van der Waals surface area contributed by atoms with Crippen molar-refractivity contribution in [2.75, 3.05) is 32.6 Å². The van der Waals surface area contributed by atoms with Crippen LogP contribution in [-0.2, 0) is 17.8 Å². The Morgan fingerprint density at radius 2 is 1.78 bits per heavy atom. The van der Waals surface area contributed by atoms with Gasteiger partial charge in [0.25, 0.3) is 0 Å². The van der Waals surface area contributed by atoms with Crippen molar-refractivity contribution >= 4 is 11.6 Å². The van der Waals surface area contributed by atoms with E-state index in [9.17, 15) is 4.79 Å². The van der Waals surface area contributed by atoms with E-state index < -0.39 is 0 Å². The number of hydrogen-bond donors (Lipinski definition) is 1. The molecule has 0 unspecified atom stereocenters. The molecule has 5 heteroatoms. The van der Waals surface area contributed by atoms with Gasteiger partial charge in [0, 0.05) is 31.7 Å². The smallest absolute Gasteiger partial charge is 0.224 e. The first kappa shape index (κ1) is 19.1. The zero-order valence-corrected chi connectivity index (χ0v) is 16.6. The molecule has 0 aromatic heterocycles. The molecule has 0 radical (unpaired) electrons. The third kappa shape index (κ3) is 4.35. The molecule has 144 valence electrons. The molecule has 1 aliphatic rings. The van der Waals surface area contributed by atoms with Crippen molar-refractivity contribution in [3.05, 3.63) is 52.6 Å². The number of benzene rings is 2. The third-order valence-corrected chi connectivity index (χ3v) is 5.11. The van der Waals surface area contributed by atoms with Gasteiger partial charge < -0.3 is 19.7 Å². The maximum atomic E-state index is 12.6. The van der Waals surface area contributed by atoms with Crippen LogP contribution < -0.4 is 14.8 Å². The predicted octanol–water partition coefficient (Wildman–Crippen LogP) is 3.71. The maximum absolute atomic E-state index is 12.6. The largest absolute Gasteiger partial charge is 0.493 e. The number of carbonyl (C=O) groups excluding carboxylic acids is 1. The highest BCUT2D eigenvalue weighted by Crippen LogP contribution is 2.33. The summed E-state index contributed by atoms with van der Waals surface area (Å²) in [6.45, 7) is 6.17. The first-order valence-corrected chi connectivity index (χ1v) is 9.34. The summed E-state index contributed by atoms with van der Waals surface area (Å²) in [5.74, 6) is 1.63. The first-order chi connectivity index (χ1) is 13.0. The second-order valence-corrected chi connectivity index (χ2v) is 7.04. The molecule has 2 aromatic rings. The fourth-order valence-corrected chi connectivity index (χ4v) is 3.57. The van der Waals surface area contributed by atoms with E-state index in [-0.39, 0.29) is 5.91 Å². The summed E-state index contributed by atoms with van der Waals surface area (Å²) in [5.41, 5.74) is 5.90. The monoisotopic (exact) mass is 368 g/mol. The van der Waals surface area contributed by atoms with Gasteiger partial charge in [0.05, 0.1) is 14.2 Å². The molecule has 5 nitrogen and oxygen atoms in total. The molecule has 27 heavy (non-hydrogen) atoms. The molecule has 1 aliphatic heterocycles. The van der Waals surface area contributed by atoms with Crippen LogP contribution in [0.3, 0.4) is 0 Å². The predicted molar refractivity (Wildman–Crippen MR) is 108 cm³/mol. The van der Waals surface area contributed by atoms with Crippen molar-refractivity contribution < 1.29 is 14.3 Å². The molecule has 0 spiro atoms. The molecule has 1 N–H and O–H groups in total. The van der Waals surface area contributed by atoms with Crippen LogP contribution in [0.1, 0.15) is 28.7 Å². The van der Waals surface area contributed by atoms with E-state index in [1.165, 1.54) is 16.7 Å². The Bertz CT molecular complexity index is 833. The van der Waals surface area contributed by atoms with E-state index in [0.717, 1.165) is 30.0 Å². The number of hydrogen-bond acceptors (Lipinski definition) is 4. The Kier molecular flexibility index (Phi) is 5.89. The van der Waals surface area contributed by atoms with Gasteiger partial charge in [-0.1, -0.05) is 17.7 Å². The number of amides is 1. The Hall–Kier alpha value is -2.69. The fraction of sp³-hybridized carbons (Fsp3) is 0.409. The number of rotatable bonds is 6. The van der Waals surface area contributed by atoms with Crippen molar-refractivity contribution in [3.63, 3.8) is 0 Å². The third-order valence-electron chi connectivity index (χ3n) is 5.11. The van der Waals surface area contributed by atoms with Crippen molar-refractivity contribution in [2.45, 2.75) is 33.2 Å². The fourth-order valence-electron chi connectivity index (χ4n) is 3.57. The van der Waals surface area contributed by atoms with Crippen LogP contribution in [0.25, 0.3) is 0 Å². The van der Waals surface area contributed by atoms with Crippen molar-refractivity contribution in [1.82, 2.24) is 4.90 Å². The van der Waals surface area contributed by atoms with Gasteiger partial charge in [-0.2, -0.15) is 0 Å². The minimum absolute atomic E-state index is 0.174. The van der Waals surface area contributed by atoms with Gasteiger partial charge in [-0.25, -0.2) is 0 Å². The second kappa shape index (κ2) is 8.33. The summed E-state index contributed by atoms with van der Waals surface area (Å²) in [5, 5.41) is 3.38. The summed E-state index contributed by atoms with van der Waals surface area (Å²) in [7, 11) is 3.28. The molecule has 0 aliphatic carbocycles. The molecule has 1 heterocycles. The molecule has 3 rings (SSSR count). The summed E-state index contributed by atoms with van der Waals surface area (Å²) in [4.78, 5) is 14.6. The summed E-state index contributed by atoms with van der Waals surface area (Å²) >= 11 is 0. The molecule has 0 saturated heterocycles. The number of nitrogens with one attached hydrogen (secondary N) is 1. The van der Waals surface area contributed by atoms with Crippen LogP contribution in [0, 0.1) is 13.8 Å². The van der Waals surface area contributed by atoms with E-state index in [4.69, 9.17) is 9.47 Å². The standard InChI is InChI=1S/C22H28N2O3/c1-15-5-6-19(16(2)11-15)23-9-7-22(25)24-10-8-17-12-20(26-3)21(27-4)13-18(17)14-24/h5-6,11-13,23H,7-10,14H2,1-4H3. The van der Waals surface area contributed by atoms with Crippen LogP contribution in [0.2, 0.25) is 0 Å². The number of anilines is 1. The van der Waals surface area contributed by atoms with Crippen molar-refractivity contribution in [2.24, 2.45) is 0 Å². The number of fused-ring (bicyclic) bond motifs is 1. The quantitative estimate of drug-likeness (QED) is 0.845. The average Bonchev–Trinajstić information content (AvgIpc) is 2.67. The number of carbonyl (C=O) groups is 1. The number of ether oxygens (including phenoxy) is 2. The maximum Gasteiger partial charge on any atom is 0.224 e. The Labute approximate surface area is 161 Å². The van der Waals surface area contributed by atoms with E-state index in [2.05, 4.69) is 37.4 Å². The normalized spacial score (nSPS) is 13.1. The Morgan fingerprint density at radius 3 is 2.44 bits per heavy atom. The van der Waals surface area contributed by atoms with Gasteiger partial charge in [0.2, 0.25) is 5.91 Å². The molecule has 0 saturated carbocycles. The van der Waals surface area contributed by atoms with Crippen molar-refractivity contribution in [1.29, 1.82) is 0 Å². The number of methoxy groups -OCH3 is 2. The van der Waals surface area contributed by atoms with Gasteiger partial charge in [0.1, 0.15) is 0 Å². The van der Waals surface area contributed by atoms with Gasteiger partial charge in [-0.15, -0.1) is 0 Å². The van der Waals surface area contributed by atoms with Crippen molar-refractivity contribution in [3.8, 4) is 11.5 Å². The van der Waals surface area contributed by atoms with E-state index >= 15 is 0 Å². The van der Waals surface area contributed by atoms with E-state index in [1.807, 2.05) is 17.0 Å². The molecular weight excluding hydrogens is 340 g/mol. The topological polar surface area (TPSA) is 50.8 Å². The minimum Gasteiger partial charge on any atom is -0.493 e. The average molecular weight is 368 g/mol. The highest BCUT2D eigenvalue weighted by atomic mass is 16.5. The summed E-state index contributed by atoms with van der Waals surface area (Å²) < 4.78 is 10.8. The molecular formula is C22H28N2O3. The number of nitrogens with zero attached hydrogens (tertiary/aromatic N) is 1. The number of aryl methyl sites for hydroxylation is 2. The Balaban J connectivity index is 1.59. The van der Waals surface area contributed by atoms with Gasteiger partial charge >= 0.3 is 0 Å². The zero-order valence-electron chi connectivity index (χ0n) is 16.6. The van der Waals surface area contributed by atoms with Crippen LogP contribution in [-0.4, -0.2) is 38.1 Å². The molecule has 1 amide bonds.